The summed E-state index contributed by atoms with van der Waals surface area (Å²) in [5.41, 5.74) is 5.40. The molecule has 0 bridgehead atoms. The van der Waals surface area contributed by atoms with E-state index in [0.717, 1.165) is 4.68 Å². The topological polar surface area (TPSA) is 87.2 Å². The lowest BCUT2D eigenvalue weighted by Gasteiger charge is -2.05. The maximum atomic E-state index is 11.6. The van der Waals surface area contributed by atoms with Crippen molar-refractivity contribution in [3.8, 4) is 0 Å². The quantitative estimate of drug-likeness (QED) is 0.818. The van der Waals surface area contributed by atoms with Gasteiger partial charge in [0.25, 0.3) is 5.56 Å². The maximum Gasteiger partial charge on any atom is 0.307 e. The van der Waals surface area contributed by atoms with E-state index in [9.17, 15) is 9.59 Å². The normalized spacial score (nSPS) is 10.1. The first kappa shape index (κ1) is 12.7. The molecule has 0 atom stereocenters. The summed E-state index contributed by atoms with van der Waals surface area (Å²) in [6.45, 7) is 2.23. The van der Waals surface area contributed by atoms with Crippen LogP contribution in [0.4, 0.5) is 5.69 Å². The van der Waals surface area contributed by atoms with E-state index in [1.54, 1.807) is 6.92 Å². The number of nitrogens with zero attached hydrogens (tertiary/aromatic N) is 2. The van der Waals surface area contributed by atoms with Crippen molar-refractivity contribution in [2.24, 2.45) is 0 Å². The van der Waals surface area contributed by atoms with Gasteiger partial charge in [0.15, 0.2) is 0 Å². The Labute approximate surface area is 101 Å². The van der Waals surface area contributed by atoms with Crippen LogP contribution in [0.1, 0.15) is 13.3 Å². The molecule has 88 valence electrons. The van der Waals surface area contributed by atoms with E-state index in [1.807, 2.05) is 0 Å². The van der Waals surface area contributed by atoms with Crippen LogP contribution in [0.25, 0.3) is 0 Å². The lowest BCUT2D eigenvalue weighted by Crippen LogP contribution is -2.25. The van der Waals surface area contributed by atoms with Crippen molar-refractivity contribution in [2.75, 3.05) is 12.3 Å². The molecule has 0 aliphatic heterocycles. The molecule has 0 unspecified atom stereocenters. The number of anilines is 1. The molecule has 0 aliphatic rings. The number of carbonyl (C=O) groups excluding carboxylic acids is 1. The first-order valence-electron chi connectivity index (χ1n) is 4.73. The number of hydrogen-bond acceptors (Lipinski definition) is 5. The monoisotopic (exact) mass is 289 g/mol. The number of esters is 1. The summed E-state index contributed by atoms with van der Waals surface area (Å²) >= 11 is 3.05. The average Bonchev–Trinajstić information content (AvgIpc) is 2.25. The number of ether oxygens (including phenoxy) is 1. The van der Waals surface area contributed by atoms with E-state index in [-0.39, 0.29) is 34.7 Å². The third-order valence-electron chi connectivity index (χ3n) is 1.84. The predicted molar refractivity (Wildman–Crippen MR) is 61.9 cm³/mol. The van der Waals surface area contributed by atoms with Gasteiger partial charge in [0.05, 0.1) is 31.5 Å². The molecule has 0 amide bonds. The number of nitrogens with two attached hydrogens (primary N) is 1. The van der Waals surface area contributed by atoms with Crippen molar-refractivity contribution in [1.82, 2.24) is 9.78 Å². The Morgan fingerprint density at radius 2 is 2.38 bits per heavy atom. The molecule has 0 saturated carbocycles. The van der Waals surface area contributed by atoms with E-state index in [2.05, 4.69) is 21.0 Å². The van der Waals surface area contributed by atoms with E-state index in [4.69, 9.17) is 10.5 Å². The summed E-state index contributed by atoms with van der Waals surface area (Å²) in [7, 11) is 0. The summed E-state index contributed by atoms with van der Waals surface area (Å²) in [4.78, 5) is 22.7. The minimum atomic E-state index is -0.357. The number of hydrogen-bond donors (Lipinski definition) is 1. The van der Waals surface area contributed by atoms with Crippen LogP contribution >= 0.6 is 15.9 Å². The number of halogens is 1. The lowest BCUT2D eigenvalue weighted by molar-refractivity contribution is -0.143. The first-order chi connectivity index (χ1) is 7.56. The lowest BCUT2D eigenvalue weighted by atomic mass is 10.4. The zero-order chi connectivity index (χ0) is 12.1. The van der Waals surface area contributed by atoms with E-state index in [1.165, 1.54) is 6.20 Å². The standard InChI is InChI=1S/C9H12BrN3O3/c1-2-16-7(14)3-4-13-9(15)8(10)6(11)5-12-13/h5H,2-4,11H2,1H3. The van der Waals surface area contributed by atoms with Crippen molar-refractivity contribution in [1.29, 1.82) is 0 Å². The van der Waals surface area contributed by atoms with Gasteiger partial charge in [0.2, 0.25) is 0 Å². The van der Waals surface area contributed by atoms with E-state index < -0.39 is 0 Å². The molecule has 0 spiro atoms. The second kappa shape index (κ2) is 5.64. The molecule has 1 heterocycles. The van der Waals surface area contributed by atoms with Gasteiger partial charge in [-0.05, 0) is 22.9 Å². The number of carbonyl (C=O) groups is 1. The van der Waals surface area contributed by atoms with Gasteiger partial charge in [-0.3, -0.25) is 9.59 Å². The molecule has 0 fully saturated rings. The van der Waals surface area contributed by atoms with E-state index >= 15 is 0 Å². The molecule has 6 nitrogen and oxygen atoms in total. The summed E-state index contributed by atoms with van der Waals surface area (Å²) in [6, 6.07) is 0. The van der Waals surface area contributed by atoms with Crippen molar-refractivity contribution in [3.63, 3.8) is 0 Å². The molecule has 1 aromatic rings. The Kier molecular flexibility index (Phi) is 4.48. The molecule has 1 aromatic heterocycles. The fraction of sp³-hybridized carbons (Fsp3) is 0.444. The fourth-order valence-electron chi connectivity index (χ4n) is 1.07. The smallest absolute Gasteiger partial charge is 0.307 e. The van der Waals surface area contributed by atoms with Crippen LogP contribution in [0, 0.1) is 0 Å². The van der Waals surface area contributed by atoms with Crippen molar-refractivity contribution in [2.45, 2.75) is 19.9 Å². The highest BCUT2D eigenvalue weighted by Crippen LogP contribution is 2.10. The third kappa shape index (κ3) is 3.06. The van der Waals surface area contributed by atoms with Gasteiger partial charge in [0.1, 0.15) is 4.47 Å². The first-order valence-corrected chi connectivity index (χ1v) is 5.52. The van der Waals surface area contributed by atoms with E-state index in [0.29, 0.717) is 6.61 Å². The maximum absolute atomic E-state index is 11.6. The Balaban J connectivity index is 2.72. The molecule has 0 radical (unpaired) electrons. The van der Waals surface area contributed by atoms with Crippen LogP contribution in [0.3, 0.4) is 0 Å². The van der Waals surface area contributed by atoms with Crippen LogP contribution in [0.5, 0.6) is 0 Å². The average molecular weight is 290 g/mol. The minimum absolute atomic E-state index is 0.108. The predicted octanol–water partition coefficient (Wildman–Crippen LogP) is 0.541. The van der Waals surface area contributed by atoms with Gasteiger partial charge in [-0.15, -0.1) is 0 Å². The van der Waals surface area contributed by atoms with Gasteiger partial charge in [0, 0.05) is 0 Å². The second-order valence-electron chi connectivity index (χ2n) is 3.00. The molecular weight excluding hydrogens is 278 g/mol. The molecule has 0 aliphatic carbocycles. The van der Waals surface area contributed by atoms with Gasteiger partial charge in [-0.2, -0.15) is 5.10 Å². The Morgan fingerprint density at radius 1 is 1.69 bits per heavy atom. The Hall–Kier alpha value is -1.37. The van der Waals surface area contributed by atoms with Crippen molar-refractivity contribution in [3.05, 3.63) is 21.0 Å². The van der Waals surface area contributed by atoms with Gasteiger partial charge >= 0.3 is 5.97 Å². The zero-order valence-corrected chi connectivity index (χ0v) is 10.4. The molecule has 7 heteroatoms. The highest BCUT2D eigenvalue weighted by molar-refractivity contribution is 9.10. The molecule has 16 heavy (non-hydrogen) atoms. The highest BCUT2D eigenvalue weighted by atomic mass is 79.9. The van der Waals surface area contributed by atoms with Crippen molar-refractivity contribution < 1.29 is 9.53 Å². The highest BCUT2D eigenvalue weighted by Gasteiger charge is 2.08. The van der Waals surface area contributed by atoms with Gasteiger partial charge in [-0.25, -0.2) is 4.68 Å². The van der Waals surface area contributed by atoms with Gasteiger partial charge in [-0.1, -0.05) is 0 Å². The largest absolute Gasteiger partial charge is 0.466 e. The minimum Gasteiger partial charge on any atom is -0.466 e. The number of aryl methyl sites for hydroxylation is 1. The summed E-state index contributed by atoms with van der Waals surface area (Å²) < 4.78 is 6.16. The number of rotatable bonds is 4. The SMILES string of the molecule is CCOC(=O)CCn1ncc(N)c(Br)c1=O. The summed E-state index contributed by atoms with van der Waals surface area (Å²) in [5, 5.41) is 3.81. The zero-order valence-electron chi connectivity index (χ0n) is 8.77. The van der Waals surface area contributed by atoms with Crippen LogP contribution in [0.2, 0.25) is 0 Å². The summed E-state index contributed by atoms with van der Waals surface area (Å²) in [6.07, 6.45) is 1.47. The van der Waals surface area contributed by atoms with Gasteiger partial charge < -0.3 is 10.5 Å². The second-order valence-corrected chi connectivity index (χ2v) is 3.79. The molecule has 1 rings (SSSR count). The fourth-order valence-corrected chi connectivity index (χ4v) is 1.37. The van der Waals surface area contributed by atoms with Crippen LogP contribution in [-0.2, 0) is 16.1 Å². The van der Waals surface area contributed by atoms with Crippen LogP contribution in [0.15, 0.2) is 15.5 Å². The number of aromatic nitrogens is 2. The molecule has 2 N–H and O–H groups in total. The third-order valence-corrected chi connectivity index (χ3v) is 2.64. The summed E-state index contributed by atoms with van der Waals surface area (Å²) in [5.74, 6) is -0.357. The van der Waals surface area contributed by atoms with Crippen LogP contribution in [-0.4, -0.2) is 22.4 Å². The molecule has 0 saturated heterocycles. The Morgan fingerprint density at radius 3 is 3.00 bits per heavy atom. The molecule has 0 aromatic carbocycles. The Bertz CT molecular complexity index is 444. The molecular formula is C9H12BrN3O3. The van der Waals surface area contributed by atoms with Crippen LogP contribution < -0.4 is 11.3 Å². The van der Waals surface area contributed by atoms with Crippen molar-refractivity contribution >= 4 is 27.6 Å². The number of nitrogen functional groups attached to an aromatic ring is 1.